The molecular weight excluding hydrogens is 236 g/mol. The Morgan fingerprint density at radius 1 is 1.29 bits per heavy atom. The first-order chi connectivity index (χ1) is 8.22. The summed E-state index contributed by atoms with van der Waals surface area (Å²) in [5.41, 5.74) is 5.80. The molecule has 0 bridgehead atoms. The fraction of sp³-hybridized carbons (Fsp3) is 0.167. The van der Waals surface area contributed by atoms with Crippen LogP contribution in [-0.4, -0.2) is 9.97 Å². The summed E-state index contributed by atoms with van der Waals surface area (Å²) in [4.78, 5) is 7.98. The van der Waals surface area contributed by atoms with E-state index in [1.54, 1.807) is 12.4 Å². The molecule has 5 heteroatoms. The van der Waals surface area contributed by atoms with Gasteiger partial charge in [-0.3, -0.25) is 5.84 Å². The molecule has 1 unspecified atom stereocenters. The minimum absolute atomic E-state index is 0.158. The zero-order valence-corrected chi connectivity index (χ0v) is 10.1. The quantitative estimate of drug-likeness (QED) is 0.644. The van der Waals surface area contributed by atoms with E-state index in [1.165, 1.54) is 6.33 Å². The molecule has 1 atom stereocenters. The topological polar surface area (TPSA) is 63.8 Å². The average molecular weight is 249 g/mol. The highest BCUT2D eigenvalue weighted by atomic mass is 35.5. The van der Waals surface area contributed by atoms with E-state index >= 15 is 0 Å². The molecule has 1 aromatic heterocycles. The van der Waals surface area contributed by atoms with Crippen LogP contribution in [0.4, 0.5) is 0 Å². The van der Waals surface area contributed by atoms with Crippen LogP contribution in [0.2, 0.25) is 5.02 Å². The van der Waals surface area contributed by atoms with E-state index < -0.39 is 0 Å². The van der Waals surface area contributed by atoms with Crippen molar-refractivity contribution in [1.29, 1.82) is 0 Å². The van der Waals surface area contributed by atoms with Gasteiger partial charge in [-0.05, 0) is 30.2 Å². The van der Waals surface area contributed by atoms with E-state index in [2.05, 4.69) is 15.4 Å². The van der Waals surface area contributed by atoms with Gasteiger partial charge in [-0.2, -0.15) is 0 Å². The van der Waals surface area contributed by atoms with Crippen LogP contribution in [0.25, 0.3) is 0 Å². The predicted molar refractivity (Wildman–Crippen MR) is 67.4 cm³/mol. The van der Waals surface area contributed by atoms with Gasteiger partial charge in [-0.25, -0.2) is 15.4 Å². The zero-order chi connectivity index (χ0) is 12.3. The minimum Gasteiger partial charge on any atom is -0.271 e. The molecule has 0 aliphatic heterocycles. The van der Waals surface area contributed by atoms with E-state index in [1.807, 2.05) is 25.1 Å². The van der Waals surface area contributed by atoms with Gasteiger partial charge in [0.25, 0.3) is 0 Å². The van der Waals surface area contributed by atoms with E-state index in [9.17, 15) is 0 Å². The monoisotopic (exact) mass is 248 g/mol. The molecule has 17 heavy (non-hydrogen) atoms. The number of aryl methyl sites for hydroxylation is 1. The summed E-state index contributed by atoms with van der Waals surface area (Å²) in [6.07, 6.45) is 4.96. The normalized spacial score (nSPS) is 12.4. The van der Waals surface area contributed by atoms with Crippen LogP contribution in [0.5, 0.6) is 0 Å². The highest BCUT2D eigenvalue weighted by Gasteiger charge is 2.15. The lowest BCUT2D eigenvalue weighted by Gasteiger charge is -2.18. The molecule has 0 amide bonds. The molecule has 88 valence electrons. The van der Waals surface area contributed by atoms with Crippen molar-refractivity contribution in [2.75, 3.05) is 0 Å². The highest BCUT2D eigenvalue weighted by Crippen LogP contribution is 2.25. The number of hydrogen-bond donors (Lipinski definition) is 2. The predicted octanol–water partition coefficient (Wildman–Crippen LogP) is 1.99. The van der Waals surface area contributed by atoms with Gasteiger partial charge < -0.3 is 0 Å². The summed E-state index contributed by atoms with van der Waals surface area (Å²) >= 11 is 6.01. The van der Waals surface area contributed by atoms with Crippen LogP contribution in [0.3, 0.4) is 0 Å². The largest absolute Gasteiger partial charge is 0.271 e. The Kier molecular flexibility index (Phi) is 3.68. The number of halogens is 1. The third-order valence-electron chi connectivity index (χ3n) is 2.63. The molecule has 4 nitrogen and oxygen atoms in total. The van der Waals surface area contributed by atoms with Crippen molar-refractivity contribution in [3.8, 4) is 0 Å². The van der Waals surface area contributed by atoms with E-state index in [0.29, 0.717) is 5.02 Å². The second-order valence-electron chi connectivity index (χ2n) is 3.77. The summed E-state index contributed by atoms with van der Waals surface area (Å²) < 4.78 is 0. The fourth-order valence-electron chi connectivity index (χ4n) is 1.75. The van der Waals surface area contributed by atoms with E-state index in [0.717, 1.165) is 16.7 Å². The average Bonchev–Trinajstić information content (AvgIpc) is 2.36. The Bertz CT molecular complexity index is 501. The Labute approximate surface area is 105 Å². The third kappa shape index (κ3) is 2.61. The standard InChI is InChI=1S/C12H13ClN4/c1-8-2-3-10(13)4-11(8)12(17-14)9-5-15-7-16-6-9/h2-7,12,17H,14H2,1H3. The first-order valence-corrected chi connectivity index (χ1v) is 5.57. The lowest BCUT2D eigenvalue weighted by molar-refractivity contribution is 0.629. The van der Waals surface area contributed by atoms with Gasteiger partial charge in [0.05, 0.1) is 6.04 Å². The number of nitrogens with zero attached hydrogens (tertiary/aromatic N) is 2. The summed E-state index contributed by atoms with van der Waals surface area (Å²) in [6.45, 7) is 2.01. The molecule has 0 aliphatic carbocycles. The van der Waals surface area contributed by atoms with Gasteiger partial charge in [0, 0.05) is 23.0 Å². The van der Waals surface area contributed by atoms with Crippen LogP contribution in [-0.2, 0) is 0 Å². The number of benzene rings is 1. The maximum atomic E-state index is 6.01. The molecule has 0 radical (unpaired) electrons. The van der Waals surface area contributed by atoms with Crippen molar-refractivity contribution in [2.45, 2.75) is 13.0 Å². The van der Waals surface area contributed by atoms with Crippen LogP contribution in [0.1, 0.15) is 22.7 Å². The van der Waals surface area contributed by atoms with Crippen molar-refractivity contribution >= 4 is 11.6 Å². The number of nitrogens with two attached hydrogens (primary N) is 1. The third-order valence-corrected chi connectivity index (χ3v) is 2.87. The lowest BCUT2D eigenvalue weighted by Crippen LogP contribution is -2.29. The molecular formula is C12H13ClN4. The molecule has 3 N–H and O–H groups in total. The molecule has 1 heterocycles. The number of hydrazine groups is 1. The fourth-order valence-corrected chi connectivity index (χ4v) is 1.93. The summed E-state index contributed by atoms with van der Waals surface area (Å²) in [6, 6.07) is 5.56. The summed E-state index contributed by atoms with van der Waals surface area (Å²) in [5.74, 6) is 5.61. The van der Waals surface area contributed by atoms with Crippen LogP contribution in [0.15, 0.2) is 36.9 Å². The Morgan fingerprint density at radius 3 is 2.65 bits per heavy atom. The molecule has 0 fully saturated rings. The molecule has 0 saturated heterocycles. The Balaban J connectivity index is 2.46. The van der Waals surface area contributed by atoms with Gasteiger partial charge in [0.1, 0.15) is 6.33 Å². The molecule has 2 rings (SSSR count). The second-order valence-corrected chi connectivity index (χ2v) is 4.21. The smallest absolute Gasteiger partial charge is 0.115 e. The van der Waals surface area contributed by atoms with Crippen molar-refractivity contribution < 1.29 is 0 Å². The van der Waals surface area contributed by atoms with Crippen molar-refractivity contribution in [3.63, 3.8) is 0 Å². The first-order valence-electron chi connectivity index (χ1n) is 5.19. The number of nitrogens with one attached hydrogen (secondary N) is 1. The molecule has 0 spiro atoms. The van der Waals surface area contributed by atoms with E-state index in [-0.39, 0.29) is 6.04 Å². The lowest BCUT2D eigenvalue weighted by atomic mass is 9.97. The highest BCUT2D eigenvalue weighted by molar-refractivity contribution is 6.30. The van der Waals surface area contributed by atoms with Crippen LogP contribution >= 0.6 is 11.6 Å². The zero-order valence-electron chi connectivity index (χ0n) is 9.39. The SMILES string of the molecule is Cc1ccc(Cl)cc1C(NN)c1cncnc1. The molecule has 0 saturated carbocycles. The Morgan fingerprint density at radius 2 is 2.00 bits per heavy atom. The van der Waals surface area contributed by atoms with Crippen molar-refractivity contribution in [2.24, 2.45) is 5.84 Å². The van der Waals surface area contributed by atoms with Crippen LogP contribution < -0.4 is 11.3 Å². The molecule has 2 aromatic rings. The summed E-state index contributed by atoms with van der Waals surface area (Å²) in [7, 11) is 0. The van der Waals surface area contributed by atoms with Gasteiger partial charge in [-0.15, -0.1) is 0 Å². The maximum absolute atomic E-state index is 6.01. The van der Waals surface area contributed by atoms with Gasteiger partial charge in [0.2, 0.25) is 0 Å². The maximum Gasteiger partial charge on any atom is 0.115 e. The van der Waals surface area contributed by atoms with Gasteiger partial charge in [-0.1, -0.05) is 17.7 Å². The second kappa shape index (κ2) is 5.23. The van der Waals surface area contributed by atoms with Crippen molar-refractivity contribution in [1.82, 2.24) is 15.4 Å². The van der Waals surface area contributed by atoms with E-state index in [4.69, 9.17) is 17.4 Å². The minimum atomic E-state index is -0.158. The number of hydrogen-bond acceptors (Lipinski definition) is 4. The molecule has 0 aliphatic rings. The summed E-state index contributed by atoms with van der Waals surface area (Å²) in [5, 5.41) is 0.683. The van der Waals surface area contributed by atoms with Crippen LogP contribution in [0, 0.1) is 6.92 Å². The van der Waals surface area contributed by atoms with Gasteiger partial charge in [0.15, 0.2) is 0 Å². The van der Waals surface area contributed by atoms with Gasteiger partial charge >= 0.3 is 0 Å². The Hall–Kier alpha value is -1.49. The number of rotatable bonds is 3. The van der Waals surface area contributed by atoms with Crippen molar-refractivity contribution in [3.05, 3.63) is 58.6 Å². The first kappa shape index (κ1) is 12.0. The molecule has 1 aromatic carbocycles. The number of aromatic nitrogens is 2.